The van der Waals surface area contributed by atoms with E-state index in [1.165, 1.54) is 0 Å². The predicted molar refractivity (Wildman–Crippen MR) is 128 cm³/mol. The monoisotopic (exact) mass is 445 g/mol. The lowest BCUT2D eigenvalue weighted by atomic mass is 10.0. The van der Waals surface area contributed by atoms with Crippen molar-refractivity contribution in [3.63, 3.8) is 0 Å². The van der Waals surface area contributed by atoms with E-state index in [1.807, 2.05) is 54.6 Å². The van der Waals surface area contributed by atoms with Crippen LogP contribution in [0.3, 0.4) is 0 Å². The summed E-state index contributed by atoms with van der Waals surface area (Å²) in [5.74, 6) is 1.42. The second-order valence-electron chi connectivity index (χ2n) is 7.05. The minimum Gasteiger partial charge on any atom is -0.497 e. The van der Waals surface area contributed by atoms with Crippen molar-refractivity contribution in [3.05, 3.63) is 90.5 Å². The van der Waals surface area contributed by atoms with Gasteiger partial charge in [-0.1, -0.05) is 54.6 Å². The van der Waals surface area contributed by atoms with Gasteiger partial charge in [-0.25, -0.2) is 5.48 Å². The zero-order valence-corrected chi connectivity index (χ0v) is 18.4. The van der Waals surface area contributed by atoms with Crippen molar-refractivity contribution in [2.24, 2.45) is 0 Å². The fourth-order valence-electron chi connectivity index (χ4n) is 3.50. The van der Waals surface area contributed by atoms with Crippen molar-refractivity contribution >= 4 is 28.4 Å². The van der Waals surface area contributed by atoms with Crippen molar-refractivity contribution in [1.82, 2.24) is 5.48 Å². The van der Waals surface area contributed by atoms with Crippen molar-refractivity contribution in [3.8, 4) is 22.6 Å². The molecule has 0 aliphatic carbocycles. The summed E-state index contributed by atoms with van der Waals surface area (Å²) in [6, 6.07) is 27.5. The molecule has 0 saturated carbocycles. The van der Waals surface area contributed by atoms with Crippen LogP contribution in [0.25, 0.3) is 21.9 Å². The Bertz CT molecular complexity index is 1210. The summed E-state index contributed by atoms with van der Waals surface area (Å²) in [7, 11) is 1.66. The quantitative estimate of drug-likeness (QED) is 0.155. The van der Waals surface area contributed by atoms with Crippen molar-refractivity contribution < 1.29 is 19.5 Å². The minimum atomic E-state index is -0.585. The molecule has 6 heteroatoms. The Kier molecular flexibility index (Phi) is 6.94. The minimum absolute atomic E-state index is 0.333. The molecule has 0 aliphatic rings. The maximum Gasteiger partial charge on any atom is 0.279 e. The number of amides is 1. The second-order valence-corrected chi connectivity index (χ2v) is 8.22. The summed E-state index contributed by atoms with van der Waals surface area (Å²) in [6.45, 7) is 0.426. The van der Waals surface area contributed by atoms with Crippen LogP contribution in [-0.4, -0.2) is 30.6 Å². The maximum absolute atomic E-state index is 12.2. The van der Waals surface area contributed by atoms with Crippen molar-refractivity contribution in [2.75, 3.05) is 19.5 Å². The van der Waals surface area contributed by atoms with E-state index in [2.05, 4.69) is 24.3 Å². The number of nitrogens with one attached hydrogen (secondary N) is 1. The van der Waals surface area contributed by atoms with E-state index in [9.17, 15) is 4.79 Å². The normalized spacial score (nSPS) is 10.7. The number of carbonyl (C=O) groups is 1. The Hall–Kier alpha value is -3.48. The molecule has 4 aromatic rings. The summed E-state index contributed by atoms with van der Waals surface area (Å²) >= 11 is 1.68. The van der Waals surface area contributed by atoms with E-state index >= 15 is 0 Å². The number of hydrogen-bond acceptors (Lipinski definition) is 5. The molecule has 2 N–H and O–H groups in total. The largest absolute Gasteiger partial charge is 0.497 e. The van der Waals surface area contributed by atoms with Crippen molar-refractivity contribution in [1.29, 1.82) is 0 Å². The van der Waals surface area contributed by atoms with E-state index in [0.717, 1.165) is 38.3 Å². The van der Waals surface area contributed by atoms with Gasteiger partial charge in [0.15, 0.2) is 0 Å². The third-order valence-corrected chi connectivity index (χ3v) is 6.08. The summed E-state index contributed by atoms with van der Waals surface area (Å²) in [5.41, 5.74) is 4.34. The molecule has 0 saturated heterocycles. The molecule has 0 aromatic heterocycles. The predicted octanol–water partition coefficient (Wildman–Crippen LogP) is 5.81. The van der Waals surface area contributed by atoms with Crippen LogP contribution in [0.4, 0.5) is 0 Å². The van der Waals surface area contributed by atoms with Gasteiger partial charge in [-0.2, -0.15) is 0 Å². The van der Waals surface area contributed by atoms with Crippen LogP contribution in [0.5, 0.6) is 11.5 Å². The number of rotatable bonds is 8. The molecule has 4 aromatic carbocycles. The third-order valence-electron chi connectivity index (χ3n) is 5.11. The van der Waals surface area contributed by atoms with Gasteiger partial charge in [-0.05, 0) is 52.2 Å². The zero-order valence-electron chi connectivity index (χ0n) is 17.6. The highest BCUT2D eigenvalue weighted by Gasteiger charge is 2.16. The Morgan fingerprint density at radius 2 is 1.59 bits per heavy atom. The van der Waals surface area contributed by atoms with Crippen LogP contribution < -0.4 is 15.0 Å². The van der Waals surface area contributed by atoms with E-state index in [-0.39, 0.29) is 0 Å². The number of carbonyl (C=O) groups excluding carboxylic acids is 1. The molecule has 32 heavy (non-hydrogen) atoms. The van der Waals surface area contributed by atoms with E-state index in [1.54, 1.807) is 30.4 Å². The Labute approximate surface area is 190 Å². The highest BCUT2D eigenvalue weighted by Crippen LogP contribution is 2.29. The van der Waals surface area contributed by atoms with Gasteiger partial charge in [0, 0.05) is 10.6 Å². The molecule has 1 amide bonds. The SMILES string of the molecule is COc1ccc(-c2ccc(SCCOc3ccc4ccccc4c3C(=O)NO)cc2)cc1. The molecule has 0 fully saturated rings. The van der Waals surface area contributed by atoms with Gasteiger partial charge in [0.1, 0.15) is 11.5 Å². The standard InChI is InChI=1S/C26H23NO4S/c1-30-21-11-6-18(7-12-21)19-8-13-22(14-9-19)32-17-16-31-24-15-10-20-4-2-3-5-23(20)25(24)26(28)27-29/h2-15,29H,16-17H2,1H3,(H,27,28). The Morgan fingerprint density at radius 3 is 2.28 bits per heavy atom. The first kappa shape index (κ1) is 21.7. The molecule has 5 nitrogen and oxygen atoms in total. The number of benzene rings is 4. The summed E-state index contributed by atoms with van der Waals surface area (Å²) in [6.07, 6.45) is 0. The fourth-order valence-corrected chi connectivity index (χ4v) is 4.23. The van der Waals surface area contributed by atoms with Gasteiger partial charge in [0.2, 0.25) is 0 Å². The average molecular weight is 446 g/mol. The molecule has 162 valence electrons. The number of thioether (sulfide) groups is 1. The summed E-state index contributed by atoms with van der Waals surface area (Å²) in [5, 5.41) is 10.8. The van der Waals surface area contributed by atoms with Crippen LogP contribution >= 0.6 is 11.8 Å². The molecular formula is C26H23NO4S. The molecular weight excluding hydrogens is 422 g/mol. The van der Waals surface area contributed by atoms with Crippen LogP contribution in [0, 0.1) is 0 Å². The number of fused-ring (bicyclic) bond motifs is 1. The first-order valence-electron chi connectivity index (χ1n) is 10.2. The summed E-state index contributed by atoms with van der Waals surface area (Å²) in [4.78, 5) is 13.4. The van der Waals surface area contributed by atoms with Crippen LogP contribution in [0.15, 0.2) is 89.8 Å². The number of hydrogen-bond donors (Lipinski definition) is 2. The second kappa shape index (κ2) is 10.2. The lowest BCUT2D eigenvalue weighted by Crippen LogP contribution is -2.20. The molecule has 0 spiro atoms. The van der Waals surface area contributed by atoms with E-state index < -0.39 is 5.91 Å². The first-order valence-corrected chi connectivity index (χ1v) is 11.1. The van der Waals surface area contributed by atoms with Gasteiger partial charge in [-0.15, -0.1) is 11.8 Å². The summed E-state index contributed by atoms with van der Waals surface area (Å²) < 4.78 is 11.1. The molecule has 0 unspecified atom stereocenters. The van der Waals surface area contributed by atoms with Gasteiger partial charge >= 0.3 is 0 Å². The van der Waals surface area contributed by atoms with Gasteiger partial charge in [0.25, 0.3) is 5.91 Å². The third kappa shape index (κ3) is 4.88. The number of hydroxylamine groups is 1. The topological polar surface area (TPSA) is 67.8 Å². The molecule has 0 bridgehead atoms. The zero-order chi connectivity index (χ0) is 22.3. The Balaban J connectivity index is 1.38. The number of methoxy groups -OCH3 is 1. The first-order chi connectivity index (χ1) is 15.7. The molecule has 4 rings (SSSR count). The van der Waals surface area contributed by atoms with Gasteiger partial charge in [-0.3, -0.25) is 10.0 Å². The van der Waals surface area contributed by atoms with Crippen LogP contribution in [0.1, 0.15) is 10.4 Å². The lowest BCUT2D eigenvalue weighted by molar-refractivity contribution is 0.0704. The smallest absolute Gasteiger partial charge is 0.279 e. The van der Waals surface area contributed by atoms with Crippen LogP contribution in [-0.2, 0) is 0 Å². The molecule has 0 aliphatic heterocycles. The molecule has 0 radical (unpaired) electrons. The van der Waals surface area contributed by atoms with Crippen molar-refractivity contribution in [2.45, 2.75) is 4.90 Å². The van der Waals surface area contributed by atoms with Gasteiger partial charge < -0.3 is 9.47 Å². The molecule has 0 atom stereocenters. The van der Waals surface area contributed by atoms with E-state index in [0.29, 0.717) is 17.9 Å². The maximum atomic E-state index is 12.2. The average Bonchev–Trinajstić information content (AvgIpc) is 2.86. The van der Waals surface area contributed by atoms with Crippen LogP contribution in [0.2, 0.25) is 0 Å². The highest BCUT2D eigenvalue weighted by atomic mass is 32.2. The highest BCUT2D eigenvalue weighted by molar-refractivity contribution is 7.99. The molecule has 0 heterocycles. The van der Waals surface area contributed by atoms with Gasteiger partial charge in [0.05, 0.1) is 19.3 Å². The number of ether oxygens (including phenoxy) is 2. The Morgan fingerprint density at radius 1 is 0.906 bits per heavy atom. The van der Waals surface area contributed by atoms with E-state index in [4.69, 9.17) is 14.7 Å². The fraction of sp³-hybridized carbons (Fsp3) is 0.115. The lowest BCUT2D eigenvalue weighted by Gasteiger charge is -2.13.